The van der Waals surface area contributed by atoms with E-state index in [1.807, 2.05) is 0 Å². The van der Waals surface area contributed by atoms with E-state index in [1.54, 1.807) is 18.6 Å². The summed E-state index contributed by atoms with van der Waals surface area (Å²) in [6, 6.07) is 0. The average Bonchev–Trinajstić information content (AvgIpc) is 2.13. The van der Waals surface area contributed by atoms with Gasteiger partial charge in [-0.2, -0.15) is 13.1 Å². The Balaban J connectivity index is 4.03. The Bertz CT molecular complexity index is 291. The van der Waals surface area contributed by atoms with E-state index in [1.165, 1.54) is 0 Å². The van der Waals surface area contributed by atoms with Crippen molar-refractivity contribution in [2.45, 2.75) is 13.8 Å². The number of carbonyl (C=O) groups is 1. The lowest BCUT2D eigenvalue weighted by Gasteiger charge is -2.11. The van der Waals surface area contributed by atoms with Gasteiger partial charge in [-0.3, -0.25) is 0 Å². The first kappa shape index (κ1) is 14.1. The zero-order valence-electron chi connectivity index (χ0n) is 8.82. The van der Waals surface area contributed by atoms with Gasteiger partial charge in [0.05, 0.1) is 6.61 Å². The molecule has 0 radical (unpaired) electrons. The lowest BCUT2D eigenvalue weighted by Crippen LogP contribution is -2.42. The van der Waals surface area contributed by atoms with E-state index in [-0.39, 0.29) is 19.1 Å². The summed E-state index contributed by atoms with van der Waals surface area (Å²) in [5.74, 6) is 0.00349. The minimum Gasteiger partial charge on any atom is -0.449 e. The van der Waals surface area contributed by atoms with Crippen LogP contribution in [0.3, 0.4) is 0 Å². The van der Waals surface area contributed by atoms with E-state index in [9.17, 15) is 13.2 Å². The summed E-state index contributed by atoms with van der Waals surface area (Å²) in [5.41, 5.74) is 5.30. The SMILES string of the molecule is CCOC(=O)NS(=O)(=O)NCC(C)CN. The summed E-state index contributed by atoms with van der Waals surface area (Å²) < 4.78 is 30.6. The highest BCUT2D eigenvalue weighted by molar-refractivity contribution is 7.88. The van der Waals surface area contributed by atoms with Crippen molar-refractivity contribution in [3.63, 3.8) is 0 Å². The molecule has 8 heteroatoms. The van der Waals surface area contributed by atoms with Crippen molar-refractivity contribution in [1.29, 1.82) is 0 Å². The predicted molar refractivity (Wildman–Crippen MR) is 55.3 cm³/mol. The highest BCUT2D eigenvalue weighted by Gasteiger charge is 2.15. The molecule has 0 fully saturated rings. The summed E-state index contributed by atoms with van der Waals surface area (Å²) in [6.07, 6.45) is -0.995. The van der Waals surface area contributed by atoms with Gasteiger partial charge >= 0.3 is 16.3 Å². The Morgan fingerprint density at radius 3 is 2.60 bits per heavy atom. The average molecular weight is 239 g/mol. The number of hydrogen-bond acceptors (Lipinski definition) is 5. The molecule has 0 rings (SSSR count). The Labute approximate surface area is 89.5 Å². The third kappa shape index (κ3) is 7.11. The Morgan fingerprint density at radius 1 is 1.53 bits per heavy atom. The maximum atomic E-state index is 11.2. The topological polar surface area (TPSA) is 111 Å². The summed E-state index contributed by atoms with van der Waals surface area (Å²) in [6.45, 7) is 4.01. The summed E-state index contributed by atoms with van der Waals surface area (Å²) >= 11 is 0. The smallest absolute Gasteiger partial charge is 0.421 e. The monoisotopic (exact) mass is 239 g/mol. The standard InChI is InChI=1S/C7H17N3O4S/c1-3-14-7(11)10-15(12,13)9-5-6(2)4-8/h6,9H,3-5,8H2,1-2H3,(H,10,11). The van der Waals surface area contributed by atoms with E-state index in [4.69, 9.17) is 5.73 Å². The van der Waals surface area contributed by atoms with E-state index in [2.05, 4.69) is 9.46 Å². The van der Waals surface area contributed by atoms with Gasteiger partial charge in [0.2, 0.25) is 0 Å². The van der Waals surface area contributed by atoms with E-state index >= 15 is 0 Å². The van der Waals surface area contributed by atoms with Crippen molar-refractivity contribution < 1.29 is 17.9 Å². The second kappa shape index (κ2) is 6.59. The van der Waals surface area contributed by atoms with Crippen LogP contribution in [0, 0.1) is 5.92 Å². The van der Waals surface area contributed by atoms with Crippen molar-refractivity contribution in [2.75, 3.05) is 19.7 Å². The van der Waals surface area contributed by atoms with Gasteiger partial charge < -0.3 is 10.5 Å². The summed E-state index contributed by atoms with van der Waals surface area (Å²) in [5, 5.41) is 0. The highest BCUT2D eigenvalue weighted by Crippen LogP contribution is 1.89. The van der Waals surface area contributed by atoms with Crippen LogP contribution in [0.15, 0.2) is 0 Å². The largest absolute Gasteiger partial charge is 0.449 e. The predicted octanol–water partition coefficient (Wildman–Crippen LogP) is -0.838. The fourth-order valence-corrected chi connectivity index (χ4v) is 1.50. The Morgan fingerprint density at radius 2 is 2.13 bits per heavy atom. The number of amides is 1. The first-order valence-electron chi connectivity index (χ1n) is 4.55. The lowest BCUT2D eigenvalue weighted by atomic mass is 10.2. The number of nitrogens with one attached hydrogen (secondary N) is 2. The van der Waals surface area contributed by atoms with Crippen molar-refractivity contribution in [1.82, 2.24) is 9.44 Å². The normalized spacial score (nSPS) is 13.3. The van der Waals surface area contributed by atoms with Gasteiger partial charge in [-0.1, -0.05) is 6.92 Å². The molecule has 4 N–H and O–H groups in total. The minimum absolute atomic E-state index is 0.00349. The second-order valence-electron chi connectivity index (χ2n) is 3.02. The van der Waals surface area contributed by atoms with Crippen LogP contribution < -0.4 is 15.2 Å². The third-order valence-electron chi connectivity index (χ3n) is 1.52. The van der Waals surface area contributed by atoms with Crippen LogP contribution in [0.4, 0.5) is 4.79 Å². The molecule has 0 aromatic heterocycles. The fraction of sp³-hybridized carbons (Fsp3) is 0.857. The molecule has 1 amide bonds. The lowest BCUT2D eigenvalue weighted by molar-refractivity contribution is 0.158. The molecule has 90 valence electrons. The third-order valence-corrected chi connectivity index (χ3v) is 2.50. The minimum atomic E-state index is -3.84. The van der Waals surface area contributed by atoms with Gasteiger partial charge in [0.15, 0.2) is 0 Å². The summed E-state index contributed by atoms with van der Waals surface area (Å²) in [7, 11) is -3.84. The van der Waals surface area contributed by atoms with Gasteiger partial charge in [-0.25, -0.2) is 9.52 Å². The number of ether oxygens (including phenoxy) is 1. The van der Waals surface area contributed by atoms with Gasteiger partial charge in [-0.05, 0) is 19.4 Å². The molecule has 0 aliphatic heterocycles. The van der Waals surface area contributed by atoms with Crippen LogP contribution in [0.25, 0.3) is 0 Å². The zero-order valence-corrected chi connectivity index (χ0v) is 9.63. The molecule has 7 nitrogen and oxygen atoms in total. The van der Waals surface area contributed by atoms with Crippen LogP contribution >= 0.6 is 0 Å². The molecule has 0 aliphatic carbocycles. The van der Waals surface area contributed by atoms with Crippen molar-refractivity contribution in [2.24, 2.45) is 11.7 Å². The van der Waals surface area contributed by atoms with E-state index in [0.29, 0.717) is 6.54 Å². The van der Waals surface area contributed by atoms with Crippen LogP contribution in [0.1, 0.15) is 13.8 Å². The molecule has 1 unspecified atom stereocenters. The molecule has 15 heavy (non-hydrogen) atoms. The van der Waals surface area contributed by atoms with Crippen molar-refractivity contribution in [3.05, 3.63) is 0 Å². The van der Waals surface area contributed by atoms with Crippen molar-refractivity contribution in [3.8, 4) is 0 Å². The zero-order chi connectivity index (χ0) is 11.9. The molecule has 0 bridgehead atoms. The molecular weight excluding hydrogens is 222 g/mol. The summed E-state index contributed by atoms with van der Waals surface area (Å²) in [4.78, 5) is 10.8. The maximum absolute atomic E-state index is 11.2. The Kier molecular flexibility index (Phi) is 6.21. The first-order valence-corrected chi connectivity index (χ1v) is 6.03. The van der Waals surface area contributed by atoms with Crippen LogP contribution in [-0.4, -0.2) is 34.2 Å². The Hall–Kier alpha value is -0.860. The van der Waals surface area contributed by atoms with E-state index < -0.39 is 16.3 Å². The number of nitrogens with two attached hydrogens (primary N) is 1. The van der Waals surface area contributed by atoms with Gasteiger partial charge in [-0.15, -0.1) is 0 Å². The van der Waals surface area contributed by atoms with Gasteiger partial charge in [0.25, 0.3) is 0 Å². The molecule has 0 spiro atoms. The van der Waals surface area contributed by atoms with Gasteiger partial charge in [0, 0.05) is 6.54 Å². The molecule has 0 aromatic rings. The molecular formula is C7H17N3O4S. The molecule has 0 saturated carbocycles. The number of hydrogen-bond donors (Lipinski definition) is 3. The molecule has 0 aliphatic rings. The van der Waals surface area contributed by atoms with Crippen LogP contribution in [0.5, 0.6) is 0 Å². The van der Waals surface area contributed by atoms with E-state index in [0.717, 1.165) is 0 Å². The highest BCUT2D eigenvalue weighted by atomic mass is 32.2. The van der Waals surface area contributed by atoms with Crippen LogP contribution in [0.2, 0.25) is 0 Å². The molecule has 0 heterocycles. The first-order chi connectivity index (χ1) is 6.91. The molecule has 0 aromatic carbocycles. The molecule has 0 saturated heterocycles. The second-order valence-corrected chi connectivity index (χ2v) is 4.51. The quantitative estimate of drug-likeness (QED) is 0.560. The maximum Gasteiger partial charge on any atom is 0.421 e. The number of carbonyl (C=O) groups excluding carboxylic acids is 1. The molecule has 1 atom stereocenters. The fourth-order valence-electron chi connectivity index (χ4n) is 0.642. The number of rotatable bonds is 6. The van der Waals surface area contributed by atoms with Crippen molar-refractivity contribution >= 4 is 16.3 Å². The van der Waals surface area contributed by atoms with Crippen LogP contribution in [-0.2, 0) is 14.9 Å². The van der Waals surface area contributed by atoms with Gasteiger partial charge in [0.1, 0.15) is 0 Å².